The van der Waals surface area contributed by atoms with Crippen molar-refractivity contribution in [3.8, 4) is 0 Å². The molecular formula is C13H24N4O8. The minimum absolute atomic E-state index is 0.582. The van der Waals surface area contributed by atoms with Crippen LogP contribution in [-0.2, 0) is 19.2 Å². The van der Waals surface area contributed by atoms with E-state index in [-0.39, 0.29) is 0 Å². The number of aliphatic carboxylic acids is 1. The fraction of sp³-hybridized carbons (Fsp3) is 0.692. The standard InChI is InChI=1S/C13H24N4O8/c1-5(19)9(14)12(23)15-3-8(21)16-7(4-18)11(22)17-10(6(2)20)13(24)25/h5-7,9-10,18-20H,3-4,14H2,1-2H3,(H,15,23)(H,16,21)(H,17,22)(H,24,25). The molecule has 0 fully saturated rings. The number of rotatable bonds is 10. The smallest absolute Gasteiger partial charge is 0.328 e. The van der Waals surface area contributed by atoms with E-state index in [1.54, 1.807) is 0 Å². The van der Waals surface area contributed by atoms with Gasteiger partial charge in [0.25, 0.3) is 0 Å². The number of aliphatic hydroxyl groups excluding tert-OH is 3. The average Bonchev–Trinajstić information content (AvgIpc) is 2.53. The molecule has 0 saturated carbocycles. The van der Waals surface area contributed by atoms with Crippen molar-refractivity contribution >= 4 is 23.7 Å². The number of aliphatic hydroxyl groups is 3. The number of nitrogens with one attached hydrogen (secondary N) is 3. The molecule has 0 heterocycles. The molecule has 0 saturated heterocycles. The van der Waals surface area contributed by atoms with E-state index < -0.39 is 67.2 Å². The average molecular weight is 364 g/mol. The molecule has 12 heteroatoms. The fourth-order valence-electron chi connectivity index (χ4n) is 1.59. The summed E-state index contributed by atoms with van der Waals surface area (Å²) in [5.41, 5.74) is 5.36. The molecule has 0 aromatic carbocycles. The highest BCUT2D eigenvalue weighted by Crippen LogP contribution is 1.95. The zero-order valence-corrected chi connectivity index (χ0v) is 13.8. The van der Waals surface area contributed by atoms with Crippen LogP contribution in [0.4, 0.5) is 0 Å². The zero-order chi connectivity index (χ0) is 19.7. The molecule has 0 bridgehead atoms. The van der Waals surface area contributed by atoms with Crippen LogP contribution in [0.15, 0.2) is 0 Å². The Bertz CT molecular complexity index is 496. The largest absolute Gasteiger partial charge is 0.480 e. The third-order valence-corrected chi connectivity index (χ3v) is 3.13. The Balaban J connectivity index is 4.61. The van der Waals surface area contributed by atoms with Gasteiger partial charge >= 0.3 is 5.97 Å². The topological polar surface area (TPSA) is 211 Å². The molecule has 0 aliphatic carbocycles. The van der Waals surface area contributed by atoms with E-state index in [1.807, 2.05) is 5.32 Å². The summed E-state index contributed by atoms with van der Waals surface area (Å²) in [6.45, 7) is 1.01. The Morgan fingerprint density at radius 1 is 1.00 bits per heavy atom. The second-order valence-corrected chi connectivity index (χ2v) is 5.35. The number of carbonyl (C=O) groups excluding carboxylic acids is 3. The summed E-state index contributed by atoms with van der Waals surface area (Å²) in [6.07, 6.45) is -2.54. The van der Waals surface area contributed by atoms with Crippen LogP contribution in [-0.4, -0.2) is 87.6 Å². The van der Waals surface area contributed by atoms with Crippen molar-refractivity contribution in [2.75, 3.05) is 13.2 Å². The molecule has 25 heavy (non-hydrogen) atoms. The molecule has 0 aromatic rings. The summed E-state index contributed by atoms with van der Waals surface area (Å²) < 4.78 is 0. The normalized spacial score (nSPS) is 16.7. The van der Waals surface area contributed by atoms with Gasteiger partial charge in [0.15, 0.2) is 6.04 Å². The molecule has 0 aliphatic rings. The van der Waals surface area contributed by atoms with E-state index in [9.17, 15) is 24.3 Å². The highest BCUT2D eigenvalue weighted by atomic mass is 16.4. The first-order chi connectivity index (χ1) is 11.5. The third-order valence-electron chi connectivity index (χ3n) is 3.13. The zero-order valence-electron chi connectivity index (χ0n) is 13.8. The molecule has 0 radical (unpaired) electrons. The van der Waals surface area contributed by atoms with Crippen molar-refractivity contribution in [1.82, 2.24) is 16.0 Å². The van der Waals surface area contributed by atoms with E-state index >= 15 is 0 Å². The lowest BCUT2D eigenvalue weighted by molar-refractivity contribution is -0.145. The minimum Gasteiger partial charge on any atom is -0.480 e. The second-order valence-electron chi connectivity index (χ2n) is 5.35. The van der Waals surface area contributed by atoms with E-state index in [4.69, 9.17) is 21.1 Å². The van der Waals surface area contributed by atoms with Crippen molar-refractivity contribution < 1.29 is 39.6 Å². The van der Waals surface area contributed by atoms with Crippen LogP contribution in [0.2, 0.25) is 0 Å². The Morgan fingerprint density at radius 3 is 1.96 bits per heavy atom. The van der Waals surface area contributed by atoms with Gasteiger partial charge in [-0.1, -0.05) is 0 Å². The molecule has 9 N–H and O–H groups in total. The Morgan fingerprint density at radius 2 is 1.56 bits per heavy atom. The molecular weight excluding hydrogens is 340 g/mol. The van der Waals surface area contributed by atoms with Crippen molar-refractivity contribution in [2.45, 2.75) is 44.2 Å². The lowest BCUT2D eigenvalue weighted by Crippen LogP contribution is -2.57. The van der Waals surface area contributed by atoms with Crippen LogP contribution in [0.5, 0.6) is 0 Å². The van der Waals surface area contributed by atoms with Gasteiger partial charge in [-0.15, -0.1) is 0 Å². The molecule has 0 spiro atoms. The molecule has 5 atom stereocenters. The number of hydrogen-bond acceptors (Lipinski definition) is 8. The summed E-state index contributed by atoms with van der Waals surface area (Å²) in [7, 11) is 0. The first-order valence-electron chi connectivity index (χ1n) is 7.34. The van der Waals surface area contributed by atoms with Crippen molar-refractivity contribution in [1.29, 1.82) is 0 Å². The predicted molar refractivity (Wildman–Crippen MR) is 82.9 cm³/mol. The highest BCUT2D eigenvalue weighted by Gasteiger charge is 2.29. The number of carboxylic acids is 1. The molecule has 144 valence electrons. The molecule has 0 aromatic heterocycles. The van der Waals surface area contributed by atoms with Crippen LogP contribution in [0.25, 0.3) is 0 Å². The van der Waals surface area contributed by atoms with Crippen LogP contribution in [0, 0.1) is 0 Å². The van der Waals surface area contributed by atoms with Gasteiger partial charge in [0, 0.05) is 0 Å². The van der Waals surface area contributed by atoms with Crippen LogP contribution >= 0.6 is 0 Å². The maximum atomic E-state index is 11.9. The van der Waals surface area contributed by atoms with Gasteiger partial charge in [-0.3, -0.25) is 14.4 Å². The summed E-state index contributed by atoms with van der Waals surface area (Å²) in [5.74, 6) is -4.18. The predicted octanol–water partition coefficient (Wildman–Crippen LogP) is -4.76. The number of nitrogens with two attached hydrogens (primary N) is 1. The lowest BCUT2D eigenvalue weighted by atomic mass is 10.1. The van der Waals surface area contributed by atoms with Crippen molar-refractivity contribution in [3.05, 3.63) is 0 Å². The third kappa shape index (κ3) is 7.89. The van der Waals surface area contributed by atoms with Crippen LogP contribution in [0.1, 0.15) is 13.8 Å². The molecule has 12 nitrogen and oxygen atoms in total. The first kappa shape index (κ1) is 22.7. The van der Waals surface area contributed by atoms with Gasteiger partial charge in [0.2, 0.25) is 17.7 Å². The van der Waals surface area contributed by atoms with Gasteiger partial charge in [-0.05, 0) is 13.8 Å². The number of carboxylic acid groups (broad SMARTS) is 1. The molecule has 5 unspecified atom stereocenters. The molecule has 0 rings (SSSR count). The van der Waals surface area contributed by atoms with E-state index in [0.717, 1.165) is 6.92 Å². The van der Waals surface area contributed by atoms with Crippen LogP contribution < -0.4 is 21.7 Å². The summed E-state index contributed by atoms with van der Waals surface area (Å²) in [5, 5.41) is 42.6. The number of carbonyl (C=O) groups is 4. The monoisotopic (exact) mass is 364 g/mol. The van der Waals surface area contributed by atoms with E-state index in [2.05, 4.69) is 10.6 Å². The maximum absolute atomic E-state index is 11.9. The maximum Gasteiger partial charge on any atom is 0.328 e. The van der Waals surface area contributed by atoms with Crippen molar-refractivity contribution in [3.63, 3.8) is 0 Å². The van der Waals surface area contributed by atoms with Gasteiger partial charge < -0.3 is 42.1 Å². The SMILES string of the molecule is CC(O)C(N)C(=O)NCC(=O)NC(CO)C(=O)NC(C(=O)O)C(C)O. The van der Waals surface area contributed by atoms with Crippen molar-refractivity contribution in [2.24, 2.45) is 5.73 Å². The first-order valence-corrected chi connectivity index (χ1v) is 7.34. The number of hydrogen-bond donors (Lipinski definition) is 8. The van der Waals surface area contributed by atoms with E-state index in [1.165, 1.54) is 6.92 Å². The van der Waals surface area contributed by atoms with Crippen LogP contribution in [0.3, 0.4) is 0 Å². The molecule has 3 amide bonds. The Hall–Kier alpha value is -2.28. The Labute approximate surface area is 143 Å². The fourth-order valence-corrected chi connectivity index (χ4v) is 1.59. The lowest BCUT2D eigenvalue weighted by Gasteiger charge is -2.21. The summed E-state index contributed by atoms with van der Waals surface area (Å²) >= 11 is 0. The Kier molecular flexibility index (Phi) is 9.59. The summed E-state index contributed by atoms with van der Waals surface area (Å²) in [6, 6.07) is -4.36. The van der Waals surface area contributed by atoms with Gasteiger partial charge in [-0.2, -0.15) is 0 Å². The van der Waals surface area contributed by atoms with Gasteiger partial charge in [0.1, 0.15) is 12.1 Å². The summed E-state index contributed by atoms with van der Waals surface area (Å²) in [4.78, 5) is 45.9. The minimum atomic E-state index is -1.62. The second kappa shape index (κ2) is 10.6. The van der Waals surface area contributed by atoms with E-state index in [0.29, 0.717) is 0 Å². The quantitative estimate of drug-likeness (QED) is 0.187. The van der Waals surface area contributed by atoms with Gasteiger partial charge in [0.05, 0.1) is 25.4 Å². The van der Waals surface area contributed by atoms with Gasteiger partial charge in [-0.25, -0.2) is 4.79 Å². The highest BCUT2D eigenvalue weighted by molar-refractivity contribution is 5.92. The number of amides is 3. The molecule has 0 aliphatic heterocycles.